The van der Waals surface area contributed by atoms with E-state index in [-0.39, 0.29) is 6.79 Å². The van der Waals surface area contributed by atoms with Gasteiger partial charge in [-0.3, -0.25) is 0 Å². The van der Waals surface area contributed by atoms with Gasteiger partial charge >= 0.3 is 0 Å². The summed E-state index contributed by atoms with van der Waals surface area (Å²) in [6.07, 6.45) is 0. The van der Waals surface area contributed by atoms with Gasteiger partial charge in [0.25, 0.3) is 0 Å². The van der Waals surface area contributed by atoms with E-state index in [4.69, 9.17) is 9.16 Å². The van der Waals surface area contributed by atoms with E-state index in [2.05, 4.69) is 24.4 Å². The minimum absolute atomic E-state index is 0.221. The van der Waals surface area contributed by atoms with Crippen molar-refractivity contribution in [2.24, 2.45) is 0 Å². The van der Waals surface area contributed by atoms with E-state index in [1.165, 1.54) is 6.61 Å². The van der Waals surface area contributed by atoms with Crippen LogP contribution in [0.3, 0.4) is 0 Å². The maximum Gasteiger partial charge on any atom is 0.188 e. The highest BCUT2D eigenvalue weighted by Gasteiger charge is 1.99. The first-order valence-electron chi connectivity index (χ1n) is 3.46. The molecule has 0 aliphatic rings. The molecule has 65 valence electrons. The molecule has 0 heterocycles. The lowest BCUT2D eigenvalue weighted by Crippen LogP contribution is -2.07. The predicted molar refractivity (Wildman–Crippen MR) is 46.4 cm³/mol. The van der Waals surface area contributed by atoms with Crippen molar-refractivity contribution < 1.29 is 13.9 Å². The van der Waals surface area contributed by atoms with Crippen LogP contribution < -0.4 is 0 Å². The first-order chi connectivity index (χ1) is 5.16. The Kier molecular flexibility index (Phi) is 6.20. The molecular weight excluding hydrogens is 160 g/mol. The third-order valence-corrected chi connectivity index (χ3v) is 1.51. The van der Waals surface area contributed by atoms with Crippen LogP contribution in [0.5, 0.6) is 0 Å². The Morgan fingerprint density at radius 2 is 2.18 bits per heavy atom. The SMILES string of the molecule is C=C([CH]O[SiH](C)C)OCOC. The van der Waals surface area contributed by atoms with Crippen LogP contribution in [0.15, 0.2) is 12.3 Å². The number of methoxy groups -OCH3 is 1. The fraction of sp³-hybridized carbons (Fsp3) is 0.571. The second-order valence-electron chi connectivity index (χ2n) is 2.32. The number of hydrogen-bond donors (Lipinski definition) is 0. The van der Waals surface area contributed by atoms with Crippen molar-refractivity contribution in [2.45, 2.75) is 13.1 Å². The van der Waals surface area contributed by atoms with Crippen molar-refractivity contribution in [1.82, 2.24) is 0 Å². The van der Waals surface area contributed by atoms with Crippen molar-refractivity contribution in [3.63, 3.8) is 0 Å². The third kappa shape index (κ3) is 7.57. The molecule has 0 spiro atoms. The molecular formula is C7H15O3Si. The first kappa shape index (κ1) is 10.7. The number of ether oxygens (including phenoxy) is 2. The van der Waals surface area contributed by atoms with Gasteiger partial charge in [0.05, 0.1) is 0 Å². The lowest BCUT2D eigenvalue weighted by molar-refractivity contribution is 0.00371. The molecule has 0 atom stereocenters. The van der Waals surface area contributed by atoms with Gasteiger partial charge in [0, 0.05) is 7.11 Å². The Labute approximate surface area is 69.7 Å². The summed E-state index contributed by atoms with van der Waals surface area (Å²) in [4.78, 5) is 0. The summed E-state index contributed by atoms with van der Waals surface area (Å²) in [6.45, 7) is 9.50. The summed E-state index contributed by atoms with van der Waals surface area (Å²) < 4.78 is 14.9. The van der Waals surface area contributed by atoms with Crippen molar-refractivity contribution in [2.75, 3.05) is 13.9 Å². The Morgan fingerprint density at radius 3 is 2.64 bits per heavy atom. The zero-order chi connectivity index (χ0) is 8.69. The smallest absolute Gasteiger partial charge is 0.188 e. The van der Waals surface area contributed by atoms with E-state index in [1.54, 1.807) is 7.11 Å². The van der Waals surface area contributed by atoms with E-state index < -0.39 is 9.04 Å². The molecule has 0 aromatic rings. The molecule has 0 rings (SSSR count). The Bertz CT molecular complexity index is 114. The molecule has 0 bridgehead atoms. The van der Waals surface area contributed by atoms with Crippen LogP contribution in [-0.2, 0) is 13.9 Å². The zero-order valence-electron chi connectivity index (χ0n) is 7.29. The molecule has 0 aliphatic heterocycles. The molecule has 4 heteroatoms. The average molecular weight is 175 g/mol. The van der Waals surface area contributed by atoms with Gasteiger partial charge in [0.2, 0.25) is 0 Å². The molecule has 1 radical (unpaired) electrons. The Balaban J connectivity index is 3.23. The molecule has 0 aliphatic carbocycles. The van der Waals surface area contributed by atoms with Crippen LogP contribution in [0.25, 0.3) is 0 Å². The standard InChI is InChI=1S/C7H15O3Si/c1-7(9-6-8-2)5-10-11(3)4/h5,11H,1,6H2,2-4H3. The fourth-order valence-corrected chi connectivity index (χ4v) is 0.805. The van der Waals surface area contributed by atoms with Gasteiger partial charge in [-0.05, 0) is 13.1 Å². The van der Waals surface area contributed by atoms with E-state index in [1.807, 2.05) is 0 Å². The highest BCUT2D eigenvalue weighted by Crippen LogP contribution is 2.01. The second kappa shape index (κ2) is 6.39. The molecule has 0 amide bonds. The lowest BCUT2D eigenvalue weighted by Gasteiger charge is -2.09. The maximum atomic E-state index is 5.23. The number of rotatable bonds is 6. The van der Waals surface area contributed by atoms with Gasteiger partial charge < -0.3 is 13.9 Å². The highest BCUT2D eigenvalue weighted by atomic mass is 28.3. The molecule has 0 saturated heterocycles. The van der Waals surface area contributed by atoms with Crippen molar-refractivity contribution >= 4 is 9.04 Å². The summed E-state index contributed by atoms with van der Waals surface area (Å²) in [5.41, 5.74) is 0. The van der Waals surface area contributed by atoms with Crippen molar-refractivity contribution in [3.05, 3.63) is 18.9 Å². The normalized spacial score (nSPS) is 10.2. The average Bonchev–Trinajstić information content (AvgIpc) is 1.97. The van der Waals surface area contributed by atoms with E-state index in [0.29, 0.717) is 5.76 Å². The van der Waals surface area contributed by atoms with Crippen LogP contribution in [0.4, 0.5) is 0 Å². The minimum Gasteiger partial charge on any atom is -0.470 e. The monoisotopic (exact) mass is 175 g/mol. The first-order valence-corrected chi connectivity index (χ1v) is 6.24. The van der Waals surface area contributed by atoms with Crippen LogP contribution in [-0.4, -0.2) is 22.9 Å². The topological polar surface area (TPSA) is 27.7 Å². The third-order valence-electron chi connectivity index (χ3n) is 0.834. The molecule has 0 saturated carbocycles. The summed E-state index contributed by atoms with van der Waals surface area (Å²) in [5.74, 6) is 0.507. The van der Waals surface area contributed by atoms with Gasteiger partial charge in [-0.15, -0.1) is 0 Å². The maximum absolute atomic E-state index is 5.23. The van der Waals surface area contributed by atoms with Crippen molar-refractivity contribution in [3.8, 4) is 0 Å². The summed E-state index contributed by atoms with van der Waals surface area (Å²) in [5, 5.41) is 0. The van der Waals surface area contributed by atoms with Crippen LogP contribution in [0, 0.1) is 6.61 Å². The molecule has 11 heavy (non-hydrogen) atoms. The Morgan fingerprint density at radius 1 is 1.55 bits per heavy atom. The second-order valence-corrected chi connectivity index (χ2v) is 4.69. The van der Waals surface area contributed by atoms with E-state index in [9.17, 15) is 0 Å². The molecule has 3 nitrogen and oxygen atoms in total. The molecule has 0 fully saturated rings. The summed E-state index contributed by atoms with van der Waals surface area (Å²) in [7, 11) is 0.563. The van der Waals surface area contributed by atoms with Gasteiger partial charge in [-0.1, -0.05) is 6.58 Å². The van der Waals surface area contributed by atoms with Crippen LogP contribution >= 0.6 is 0 Å². The van der Waals surface area contributed by atoms with Crippen molar-refractivity contribution in [1.29, 1.82) is 0 Å². The lowest BCUT2D eigenvalue weighted by atomic mass is 10.6. The minimum atomic E-state index is -0.998. The van der Waals surface area contributed by atoms with Crippen LogP contribution in [0.1, 0.15) is 0 Å². The van der Waals surface area contributed by atoms with E-state index in [0.717, 1.165) is 0 Å². The van der Waals surface area contributed by atoms with Gasteiger partial charge in [-0.25, -0.2) is 0 Å². The molecule has 0 aromatic heterocycles. The van der Waals surface area contributed by atoms with Gasteiger partial charge in [0.1, 0.15) is 12.4 Å². The predicted octanol–water partition coefficient (Wildman–Crippen LogP) is 1.28. The molecule has 0 aromatic carbocycles. The quantitative estimate of drug-likeness (QED) is 0.346. The zero-order valence-corrected chi connectivity index (χ0v) is 8.45. The summed E-state index contributed by atoms with van der Waals surface area (Å²) >= 11 is 0. The largest absolute Gasteiger partial charge is 0.470 e. The number of hydrogen-bond acceptors (Lipinski definition) is 3. The molecule has 0 unspecified atom stereocenters. The van der Waals surface area contributed by atoms with E-state index >= 15 is 0 Å². The van der Waals surface area contributed by atoms with Crippen LogP contribution in [0.2, 0.25) is 13.1 Å². The van der Waals surface area contributed by atoms with Gasteiger partial charge in [-0.2, -0.15) is 0 Å². The van der Waals surface area contributed by atoms with Gasteiger partial charge in [0.15, 0.2) is 15.8 Å². The fourth-order valence-electron chi connectivity index (χ4n) is 0.381. The summed E-state index contributed by atoms with van der Waals surface area (Å²) in [6, 6.07) is 0. The molecule has 0 N–H and O–H groups in total. The Hall–Kier alpha value is -0.323. The highest BCUT2D eigenvalue weighted by molar-refractivity contribution is 6.48.